The lowest BCUT2D eigenvalue weighted by Gasteiger charge is -2.12. The Morgan fingerprint density at radius 2 is 1.72 bits per heavy atom. The van der Waals surface area contributed by atoms with Crippen molar-refractivity contribution >= 4 is 11.5 Å². The standard InChI is InChI=1S/C16H11FN2O6/c17-9-3-1-8(2-4-9)5-19-11(20)7-18-6-10(16(24)25)13(21)14(22)12(18)15(19)23/h1-4,6-7,20,22H,5H2,(H,24,25). The predicted octanol–water partition coefficient (Wildman–Crippen LogP) is 0.758. The van der Waals surface area contributed by atoms with Crippen molar-refractivity contribution in [3.63, 3.8) is 0 Å². The second kappa shape index (κ2) is 5.78. The molecule has 0 spiro atoms. The number of carboxylic acid groups (broad SMARTS) is 1. The molecular formula is C16H11FN2O6. The van der Waals surface area contributed by atoms with Crippen LogP contribution in [0.1, 0.15) is 15.9 Å². The zero-order chi connectivity index (χ0) is 18.3. The van der Waals surface area contributed by atoms with Crippen molar-refractivity contribution in [3.05, 3.63) is 74.2 Å². The van der Waals surface area contributed by atoms with Crippen LogP contribution in [0.4, 0.5) is 4.39 Å². The minimum atomic E-state index is -1.58. The lowest BCUT2D eigenvalue weighted by atomic mass is 10.2. The van der Waals surface area contributed by atoms with E-state index in [0.717, 1.165) is 21.4 Å². The zero-order valence-corrected chi connectivity index (χ0v) is 12.5. The van der Waals surface area contributed by atoms with Crippen molar-refractivity contribution in [2.24, 2.45) is 0 Å². The molecule has 0 bridgehead atoms. The number of carboxylic acids is 1. The zero-order valence-electron chi connectivity index (χ0n) is 12.5. The molecule has 0 saturated heterocycles. The average molecular weight is 346 g/mol. The van der Waals surface area contributed by atoms with Crippen LogP contribution in [0, 0.1) is 5.82 Å². The van der Waals surface area contributed by atoms with Gasteiger partial charge in [0.05, 0.1) is 12.7 Å². The minimum Gasteiger partial charge on any atom is -0.503 e. The molecule has 3 N–H and O–H groups in total. The van der Waals surface area contributed by atoms with E-state index in [4.69, 9.17) is 5.11 Å². The molecule has 0 fully saturated rings. The Hall–Kier alpha value is -3.62. The highest BCUT2D eigenvalue weighted by Crippen LogP contribution is 2.16. The summed E-state index contributed by atoms with van der Waals surface area (Å²) in [7, 11) is 0. The van der Waals surface area contributed by atoms with E-state index in [2.05, 4.69) is 0 Å². The van der Waals surface area contributed by atoms with Gasteiger partial charge in [-0.25, -0.2) is 9.18 Å². The maximum Gasteiger partial charge on any atom is 0.341 e. The van der Waals surface area contributed by atoms with E-state index >= 15 is 0 Å². The fourth-order valence-electron chi connectivity index (χ4n) is 2.44. The van der Waals surface area contributed by atoms with Crippen molar-refractivity contribution < 1.29 is 24.5 Å². The van der Waals surface area contributed by atoms with Crippen molar-refractivity contribution in [3.8, 4) is 11.6 Å². The maximum atomic E-state index is 13.0. The molecule has 3 aromatic rings. The Kier molecular flexibility index (Phi) is 3.76. The summed E-state index contributed by atoms with van der Waals surface area (Å²) in [5, 5.41) is 29.0. The van der Waals surface area contributed by atoms with Gasteiger partial charge in [0.1, 0.15) is 11.4 Å². The monoisotopic (exact) mass is 346 g/mol. The summed E-state index contributed by atoms with van der Waals surface area (Å²) in [6.07, 6.45) is 1.83. The summed E-state index contributed by atoms with van der Waals surface area (Å²) in [6.45, 7) is -0.143. The van der Waals surface area contributed by atoms with Crippen LogP contribution in [0.2, 0.25) is 0 Å². The second-order valence-electron chi connectivity index (χ2n) is 5.29. The van der Waals surface area contributed by atoms with Gasteiger partial charge < -0.3 is 19.7 Å². The van der Waals surface area contributed by atoms with Crippen LogP contribution in [0.25, 0.3) is 5.52 Å². The third-order valence-corrected chi connectivity index (χ3v) is 3.67. The van der Waals surface area contributed by atoms with Gasteiger partial charge >= 0.3 is 5.97 Å². The molecule has 0 unspecified atom stereocenters. The lowest BCUT2D eigenvalue weighted by molar-refractivity contribution is 0.0694. The van der Waals surface area contributed by atoms with E-state index in [9.17, 15) is 29.0 Å². The molecule has 0 radical (unpaired) electrons. The molecule has 0 aliphatic heterocycles. The first-order valence-electron chi connectivity index (χ1n) is 6.98. The molecule has 2 heterocycles. The third kappa shape index (κ3) is 2.71. The van der Waals surface area contributed by atoms with Gasteiger partial charge in [-0.15, -0.1) is 0 Å². The number of halogens is 1. The highest BCUT2D eigenvalue weighted by atomic mass is 19.1. The molecule has 8 nitrogen and oxygen atoms in total. The van der Waals surface area contributed by atoms with Crippen LogP contribution < -0.4 is 11.0 Å². The summed E-state index contributed by atoms with van der Waals surface area (Å²) in [5.74, 6) is -3.60. The summed E-state index contributed by atoms with van der Waals surface area (Å²) in [5.41, 5.74) is -2.84. The SMILES string of the molecule is O=C(O)c1cn2cc(O)n(Cc3ccc(F)cc3)c(=O)c2c(O)c1=O. The molecule has 25 heavy (non-hydrogen) atoms. The molecule has 3 rings (SSSR count). The average Bonchev–Trinajstić information content (AvgIpc) is 2.56. The van der Waals surface area contributed by atoms with E-state index < -0.39 is 45.5 Å². The topological polar surface area (TPSA) is 121 Å². The van der Waals surface area contributed by atoms with Crippen LogP contribution in [0.5, 0.6) is 11.6 Å². The van der Waals surface area contributed by atoms with Gasteiger partial charge in [-0.3, -0.25) is 14.2 Å². The van der Waals surface area contributed by atoms with E-state index in [1.807, 2.05) is 0 Å². The molecule has 0 saturated carbocycles. The Bertz CT molecular complexity index is 1110. The number of aromatic nitrogens is 2. The molecule has 0 aliphatic rings. The number of fused-ring (bicyclic) bond motifs is 1. The van der Waals surface area contributed by atoms with Crippen molar-refractivity contribution in [2.75, 3.05) is 0 Å². The summed E-state index contributed by atoms with van der Waals surface area (Å²) >= 11 is 0. The molecule has 1 aromatic carbocycles. The number of benzene rings is 1. The fourth-order valence-corrected chi connectivity index (χ4v) is 2.44. The smallest absolute Gasteiger partial charge is 0.341 e. The first-order chi connectivity index (χ1) is 11.8. The van der Waals surface area contributed by atoms with Crippen molar-refractivity contribution in [2.45, 2.75) is 6.54 Å². The van der Waals surface area contributed by atoms with Crippen LogP contribution in [-0.2, 0) is 6.54 Å². The predicted molar refractivity (Wildman–Crippen MR) is 83.7 cm³/mol. The number of aromatic carboxylic acids is 1. The van der Waals surface area contributed by atoms with Crippen molar-refractivity contribution in [1.29, 1.82) is 0 Å². The van der Waals surface area contributed by atoms with Gasteiger partial charge in [0, 0.05) is 6.20 Å². The Morgan fingerprint density at radius 3 is 2.32 bits per heavy atom. The molecule has 0 aliphatic carbocycles. The molecule has 0 atom stereocenters. The number of rotatable bonds is 3. The molecule has 2 aromatic heterocycles. The van der Waals surface area contributed by atoms with Crippen LogP contribution in [0.3, 0.4) is 0 Å². The highest BCUT2D eigenvalue weighted by molar-refractivity contribution is 5.88. The largest absolute Gasteiger partial charge is 0.503 e. The molecule has 128 valence electrons. The normalized spacial score (nSPS) is 10.9. The van der Waals surface area contributed by atoms with E-state index in [-0.39, 0.29) is 6.54 Å². The lowest BCUT2D eigenvalue weighted by Crippen LogP contribution is -2.26. The number of aromatic hydroxyl groups is 2. The van der Waals surface area contributed by atoms with Gasteiger partial charge in [0.15, 0.2) is 11.3 Å². The molecule has 9 heteroatoms. The number of hydrogen-bond acceptors (Lipinski definition) is 5. The van der Waals surface area contributed by atoms with Crippen molar-refractivity contribution in [1.82, 2.24) is 8.97 Å². The second-order valence-corrected chi connectivity index (χ2v) is 5.29. The third-order valence-electron chi connectivity index (χ3n) is 3.67. The van der Waals surface area contributed by atoms with Gasteiger partial charge in [-0.05, 0) is 17.7 Å². The van der Waals surface area contributed by atoms with E-state index in [0.29, 0.717) is 5.56 Å². The fraction of sp³-hybridized carbons (Fsp3) is 0.0625. The van der Waals surface area contributed by atoms with Gasteiger partial charge in [0.25, 0.3) is 5.56 Å². The number of hydrogen-bond donors (Lipinski definition) is 3. The van der Waals surface area contributed by atoms with E-state index in [1.54, 1.807) is 0 Å². The van der Waals surface area contributed by atoms with Crippen LogP contribution in [-0.4, -0.2) is 30.3 Å². The van der Waals surface area contributed by atoms with Crippen LogP contribution >= 0.6 is 0 Å². The summed E-state index contributed by atoms with van der Waals surface area (Å²) in [6, 6.07) is 5.18. The van der Waals surface area contributed by atoms with E-state index in [1.165, 1.54) is 24.3 Å². The quantitative estimate of drug-likeness (QED) is 0.644. The van der Waals surface area contributed by atoms with Gasteiger partial charge in [-0.2, -0.15) is 0 Å². The Labute approximate surface area is 138 Å². The highest BCUT2D eigenvalue weighted by Gasteiger charge is 2.20. The summed E-state index contributed by atoms with van der Waals surface area (Å²) < 4.78 is 14.7. The maximum absolute atomic E-state index is 13.0. The minimum absolute atomic E-state index is 0.143. The first-order valence-corrected chi connectivity index (χ1v) is 6.98. The molecular weight excluding hydrogens is 335 g/mol. The van der Waals surface area contributed by atoms with Gasteiger partial charge in [0.2, 0.25) is 11.3 Å². The first kappa shape index (κ1) is 16.2. The molecule has 0 amide bonds. The van der Waals surface area contributed by atoms with Crippen LogP contribution in [0.15, 0.2) is 46.2 Å². The Balaban J connectivity index is 2.25. The Morgan fingerprint density at radius 1 is 1.08 bits per heavy atom. The number of carbonyl (C=O) groups is 1. The van der Waals surface area contributed by atoms with Gasteiger partial charge in [-0.1, -0.05) is 12.1 Å². The number of nitrogens with zero attached hydrogens (tertiary/aromatic N) is 2. The number of pyridine rings is 1. The summed E-state index contributed by atoms with van der Waals surface area (Å²) in [4.78, 5) is 35.4.